The summed E-state index contributed by atoms with van der Waals surface area (Å²) < 4.78 is 1.82. The number of aromatic nitrogens is 4. The van der Waals surface area contributed by atoms with E-state index in [4.69, 9.17) is 18.0 Å². The molecule has 7 heteroatoms. The van der Waals surface area contributed by atoms with Gasteiger partial charge in [-0.25, -0.2) is 0 Å². The van der Waals surface area contributed by atoms with Crippen LogP contribution in [0.25, 0.3) is 22.2 Å². The number of rotatable bonds is 2. The fraction of sp³-hybridized carbons (Fsp3) is 0.0833. The molecule has 0 spiro atoms. The average molecular weight is 272 g/mol. The second kappa shape index (κ2) is 4.36. The Kier molecular flexibility index (Phi) is 2.68. The predicted molar refractivity (Wildman–Crippen MR) is 78.7 cm³/mol. The Hall–Kier alpha value is -2.41. The zero-order chi connectivity index (χ0) is 13.4. The van der Waals surface area contributed by atoms with Gasteiger partial charge >= 0.3 is 0 Å². The van der Waals surface area contributed by atoms with Gasteiger partial charge in [-0.3, -0.25) is 9.78 Å². The predicted octanol–water partition coefficient (Wildman–Crippen LogP) is 1.62. The molecule has 0 saturated heterocycles. The highest BCUT2D eigenvalue weighted by Gasteiger charge is 2.09. The molecular weight excluding hydrogens is 260 g/mol. The third-order valence-corrected chi connectivity index (χ3v) is 3.02. The smallest absolute Gasteiger partial charge is 0.169 e. The summed E-state index contributed by atoms with van der Waals surface area (Å²) in [5.74, 6) is 0.631. The van der Waals surface area contributed by atoms with Gasteiger partial charge in [0.15, 0.2) is 10.9 Å². The number of nitrogens with two attached hydrogens (primary N) is 1. The molecule has 2 heterocycles. The molecule has 0 aliphatic carbocycles. The Bertz CT molecular complexity index is 757. The molecule has 0 bridgehead atoms. The number of fused-ring (bicyclic) bond motifs is 1. The topological polar surface area (TPSA) is 84.5 Å². The van der Waals surface area contributed by atoms with Crippen LogP contribution < -0.4 is 11.1 Å². The van der Waals surface area contributed by atoms with Crippen LogP contribution in [-0.4, -0.2) is 25.1 Å². The fourth-order valence-corrected chi connectivity index (χ4v) is 2.14. The maximum absolute atomic E-state index is 5.48. The molecule has 6 nitrogen and oxygen atoms in total. The van der Waals surface area contributed by atoms with Crippen molar-refractivity contribution in [2.24, 2.45) is 12.8 Å². The van der Waals surface area contributed by atoms with E-state index < -0.39 is 0 Å². The lowest BCUT2D eigenvalue weighted by Crippen LogP contribution is -2.19. The van der Waals surface area contributed by atoms with Gasteiger partial charge in [-0.15, -0.1) is 0 Å². The number of H-pyrrole nitrogens is 1. The summed E-state index contributed by atoms with van der Waals surface area (Å²) in [4.78, 5) is 0. The summed E-state index contributed by atoms with van der Waals surface area (Å²) in [6, 6.07) is 7.97. The highest BCUT2D eigenvalue weighted by molar-refractivity contribution is 7.80. The maximum atomic E-state index is 5.48. The van der Waals surface area contributed by atoms with Crippen LogP contribution in [-0.2, 0) is 7.05 Å². The molecule has 4 N–H and O–H groups in total. The number of anilines is 1. The normalized spacial score (nSPS) is 10.8. The van der Waals surface area contributed by atoms with E-state index in [9.17, 15) is 0 Å². The van der Waals surface area contributed by atoms with Crippen molar-refractivity contribution in [3.63, 3.8) is 0 Å². The summed E-state index contributed by atoms with van der Waals surface area (Å²) in [5.41, 5.74) is 8.49. The van der Waals surface area contributed by atoms with Gasteiger partial charge in [0, 0.05) is 24.2 Å². The molecule has 2 aromatic heterocycles. The van der Waals surface area contributed by atoms with E-state index in [0.29, 0.717) is 5.82 Å². The number of nitrogens with zero attached hydrogens (tertiary/aromatic N) is 3. The van der Waals surface area contributed by atoms with E-state index in [1.807, 2.05) is 36.0 Å². The summed E-state index contributed by atoms with van der Waals surface area (Å²) in [5, 5.41) is 15.2. The van der Waals surface area contributed by atoms with Crippen molar-refractivity contribution < 1.29 is 0 Å². The molecule has 3 rings (SSSR count). The second-order valence-electron chi connectivity index (χ2n) is 4.16. The Morgan fingerprint density at radius 2 is 2.26 bits per heavy atom. The summed E-state index contributed by atoms with van der Waals surface area (Å²) in [6.07, 6.45) is 1.77. The van der Waals surface area contributed by atoms with Gasteiger partial charge in [0.2, 0.25) is 0 Å². The molecule has 0 aliphatic heterocycles. The first kappa shape index (κ1) is 11.7. The van der Waals surface area contributed by atoms with Gasteiger partial charge in [-0.2, -0.15) is 10.2 Å². The minimum Gasteiger partial charge on any atom is -0.376 e. The number of aromatic amines is 1. The quantitative estimate of drug-likeness (QED) is 0.617. The number of benzene rings is 1. The monoisotopic (exact) mass is 272 g/mol. The molecule has 19 heavy (non-hydrogen) atoms. The minimum atomic E-state index is 0.194. The minimum absolute atomic E-state index is 0.194. The van der Waals surface area contributed by atoms with Crippen molar-refractivity contribution in [2.75, 3.05) is 5.32 Å². The van der Waals surface area contributed by atoms with Crippen LogP contribution in [0.1, 0.15) is 0 Å². The van der Waals surface area contributed by atoms with Crippen molar-refractivity contribution in [3.05, 3.63) is 30.5 Å². The van der Waals surface area contributed by atoms with Crippen LogP contribution in [0.3, 0.4) is 0 Å². The zero-order valence-corrected chi connectivity index (χ0v) is 11.0. The van der Waals surface area contributed by atoms with E-state index in [-0.39, 0.29) is 5.11 Å². The molecule has 96 valence electrons. The maximum Gasteiger partial charge on any atom is 0.169 e. The molecule has 0 atom stereocenters. The first-order chi connectivity index (χ1) is 9.15. The van der Waals surface area contributed by atoms with E-state index in [1.165, 1.54) is 0 Å². The lowest BCUT2D eigenvalue weighted by molar-refractivity contribution is 0.776. The lowest BCUT2D eigenvalue weighted by Gasteiger charge is -2.03. The Morgan fingerprint density at radius 3 is 2.95 bits per heavy atom. The number of hydrogen-bond acceptors (Lipinski definition) is 3. The van der Waals surface area contributed by atoms with E-state index in [2.05, 4.69) is 20.6 Å². The molecule has 0 radical (unpaired) electrons. The largest absolute Gasteiger partial charge is 0.376 e. The van der Waals surface area contributed by atoms with Crippen molar-refractivity contribution in [2.45, 2.75) is 0 Å². The molecule has 3 aromatic rings. The highest BCUT2D eigenvalue weighted by Crippen LogP contribution is 2.27. The zero-order valence-electron chi connectivity index (χ0n) is 10.2. The number of nitrogens with one attached hydrogen (secondary N) is 2. The van der Waals surface area contributed by atoms with Crippen LogP contribution in [0.2, 0.25) is 0 Å². The molecule has 0 aliphatic rings. The SMILES string of the molecule is Cn1nccc1-c1ccc2[nH]nc(NC(N)=S)c2c1. The summed E-state index contributed by atoms with van der Waals surface area (Å²) >= 11 is 4.84. The first-order valence-corrected chi connectivity index (χ1v) is 6.09. The standard InChI is InChI=1S/C12H12N6S/c1-18-10(4-5-14-18)7-2-3-9-8(6-7)11(17-16-9)15-12(13)19/h2-6H,1H3,(H4,13,15,16,17,19). The van der Waals surface area contributed by atoms with E-state index in [1.54, 1.807) is 6.20 Å². The molecule has 1 aromatic carbocycles. The van der Waals surface area contributed by atoms with Gasteiger partial charge in [-0.1, -0.05) is 6.07 Å². The van der Waals surface area contributed by atoms with Crippen LogP contribution in [0.5, 0.6) is 0 Å². The van der Waals surface area contributed by atoms with Gasteiger partial charge in [-0.05, 0) is 30.4 Å². The molecule has 0 amide bonds. The average Bonchev–Trinajstić information content (AvgIpc) is 2.95. The van der Waals surface area contributed by atoms with Crippen molar-refractivity contribution in [3.8, 4) is 11.3 Å². The summed E-state index contributed by atoms with van der Waals surface area (Å²) in [6.45, 7) is 0. The second-order valence-corrected chi connectivity index (χ2v) is 4.60. The molecule has 0 unspecified atom stereocenters. The van der Waals surface area contributed by atoms with Crippen LogP contribution in [0, 0.1) is 0 Å². The van der Waals surface area contributed by atoms with Crippen molar-refractivity contribution in [1.82, 2.24) is 20.0 Å². The first-order valence-electron chi connectivity index (χ1n) is 5.68. The Balaban J connectivity index is 2.14. The summed E-state index contributed by atoms with van der Waals surface area (Å²) in [7, 11) is 1.91. The third kappa shape index (κ3) is 2.04. The van der Waals surface area contributed by atoms with Crippen molar-refractivity contribution >= 4 is 34.1 Å². The van der Waals surface area contributed by atoms with Crippen LogP contribution in [0.4, 0.5) is 5.82 Å². The number of thiocarbonyl (C=S) groups is 1. The highest BCUT2D eigenvalue weighted by atomic mass is 32.1. The molecule has 0 saturated carbocycles. The van der Waals surface area contributed by atoms with Gasteiger partial charge in [0.25, 0.3) is 0 Å². The van der Waals surface area contributed by atoms with E-state index in [0.717, 1.165) is 22.2 Å². The van der Waals surface area contributed by atoms with Crippen molar-refractivity contribution in [1.29, 1.82) is 0 Å². The Morgan fingerprint density at radius 1 is 1.42 bits per heavy atom. The van der Waals surface area contributed by atoms with Crippen LogP contribution in [0.15, 0.2) is 30.5 Å². The van der Waals surface area contributed by atoms with Gasteiger partial charge in [0.1, 0.15) is 0 Å². The molecular formula is C12H12N6S. The van der Waals surface area contributed by atoms with Gasteiger partial charge < -0.3 is 11.1 Å². The number of hydrogen-bond donors (Lipinski definition) is 3. The number of aryl methyl sites for hydroxylation is 1. The van der Waals surface area contributed by atoms with E-state index >= 15 is 0 Å². The van der Waals surface area contributed by atoms with Gasteiger partial charge in [0.05, 0.1) is 11.2 Å². The van der Waals surface area contributed by atoms with Crippen LogP contribution >= 0.6 is 12.2 Å². The third-order valence-electron chi connectivity index (χ3n) is 2.92. The Labute approximate surface area is 114 Å². The lowest BCUT2D eigenvalue weighted by atomic mass is 10.1. The molecule has 0 fully saturated rings. The fourth-order valence-electron chi connectivity index (χ4n) is 2.04.